The maximum Gasteiger partial charge on any atom is 0.303 e. The fourth-order valence-electron chi connectivity index (χ4n) is 2.03. The van der Waals surface area contributed by atoms with E-state index in [4.69, 9.17) is 14.2 Å². The Hall–Kier alpha value is -2.24. The molecular weight excluding hydrogens is 238 g/mol. The molecule has 94 valence electrons. The Morgan fingerprint density at radius 1 is 1.39 bits per heavy atom. The molecule has 2 atom stereocenters. The van der Waals surface area contributed by atoms with Crippen LogP contribution in [0.3, 0.4) is 0 Å². The van der Waals surface area contributed by atoms with Gasteiger partial charge in [-0.2, -0.15) is 0 Å². The Labute approximate surface area is 103 Å². The van der Waals surface area contributed by atoms with E-state index >= 15 is 0 Å². The number of fused-ring (bicyclic) bond motifs is 1. The number of esters is 1. The van der Waals surface area contributed by atoms with Crippen LogP contribution in [0, 0.1) is 0 Å². The number of carbonyl (C=O) groups is 2. The Bertz CT molecular complexity index is 527. The number of benzene rings is 1. The third-order valence-electron chi connectivity index (χ3n) is 2.91. The Morgan fingerprint density at radius 2 is 2.17 bits per heavy atom. The first-order valence-corrected chi connectivity index (χ1v) is 5.52. The number of hydrogen-bond acceptors (Lipinski definition) is 5. The van der Waals surface area contributed by atoms with Crippen LogP contribution in [-0.4, -0.2) is 24.8 Å². The van der Waals surface area contributed by atoms with E-state index in [1.54, 1.807) is 12.1 Å². The lowest BCUT2D eigenvalue weighted by atomic mass is 9.93. The Kier molecular flexibility index (Phi) is 2.36. The highest BCUT2D eigenvalue weighted by Crippen LogP contribution is 2.37. The first-order valence-electron chi connectivity index (χ1n) is 5.52. The minimum Gasteiger partial charge on any atom is -0.454 e. The number of carbonyl (C=O) groups excluding carboxylic acids is 2. The van der Waals surface area contributed by atoms with E-state index < -0.39 is 12.1 Å². The normalized spacial score (nSPS) is 24.2. The van der Waals surface area contributed by atoms with Crippen LogP contribution in [0.25, 0.3) is 0 Å². The summed E-state index contributed by atoms with van der Waals surface area (Å²) in [5.41, 5.74) is 0.824. The van der Waals surface area contributed by atoms with Crippen molar-refractivity contribution in [2.24, 2.45) is 0 Å². The zero-order valence-electron chi connectivity index (χ0n) is 9.64. The summed E-state index contributed by atoms with van der Waals surface area (Å²) in [7, 11) is 0. The van der Waals surface area contributed by atoms with Crippen LogP contribution in [0.15, 0.2) is 18.2 Å². The molecule has 1 N–H and O–H groups in total. The van der Waals surface area contributed by atoms with Gasteiger partial charge in [-0.15, -0.1) is 0 Å². The molecule has 1 amide bonds. The molecule has 18 heavy (non-hydrogen) atoms. The van der Waals surface area contributed by atoms with Crippen molar-refractivity contribution in [2.75, 3.05) is 6.79 Å². The van der Waals surface area contributed by atoms with Gasteiger partial charge in [0.1, 0.15) is 6.04 Å². The zero-order valence-corrected chi connectivity index (χ0v) is 9.64. The predicted molar refractivity (Wildman–Crippen MR) is 59.0 cm³/mol. The molecular formula is C12H11NO5. The summed E-state index contributed by atoms with van der Waals surface area (Å²) in [4.78, 5) is 22.2. The minimum atomic E-state index is -0.761. The second-order valence-corrected chi connectivity index (χ2v) is 4.13. The van der Waals surface area contributed by atoms with E-state index in [0.29, 0.717) is 11.5 Å². The van der Waals surface area contributed by atoms with Crippen LogP contribution in [0.4, 0.5) is 0 Å². The summed E-state index contributed by atoms with van der Waals surface area (Å²) in [6.07, 6.45) is -0.761. The minimum absolute atomic E-state index is 0.198. The smallest absolute Gasteiger partial charge is 0.303 e. The van der Waals surface area contributed by atoms with Crippen molar-refractivity contribution in [2.45, 2.75) is 19.1 Å². The quantitative estimate of drug-likeness (QED) is 0.611. The molecule has 0 aliphatic carbocycles. The van der Waals surface area contributed by atoms with Crippen molar-refractivity contribution in [1.82, 2.24) is 5.32 Å². The van der Waals surface area contributed by atoms with Gasteiger partial charge in [-0.25, -0.2) is 0 Å². The van der Waals surface area contributed by atoms with E-state index in [1.807, 2.05) is 6.07 Å². The molecule has 0 bridgehead atoms. The molecule has 1 aromatic carbocycles. The van der Waals surface area contributed by atoms with Gasteiger partial charge >= 0.3 is 5.97 Å². The molecule has 3 rings (SSSR count). The van der Waals surface area contributed by atoms with Gasteiger partial charge in [-0.1, -0.05) is 6.07 Å². The number of rotatable bonds is 2. The number of amides is 1. The predicted octanol–water partition coefficient (Wildman–Crippen LogP) is 0.518. The Morgan fingerprint density at radius 3 is 2.89 bits per heavy atom. The molecule has 2 aliphatic heterocycles. The van der Waals surface area contributed by atoms with Crippen LogP contribution in [0.1, 0.15) is 18.5 Å². The zero-order chi connectivity index (χ0) is 12.7. The van der Waals surface area contributed by atoms with Gasteiger partial charge in [-0.3, -0.25) is 9.59 Å². The van der Waals surface area contributed by atoms with Gasteiger partial charge in [0.05, 0.1) is 0 Å². The Balaban J connectivity index is 1.82. The standard InChI is InChI=1S/C12H11NO5/c1-6(14)18-11-10(13-12(11)15)7-2-3-8-9(4-7)17-5-16-8/h2-4,10-11H,5H2,1H3,(H,13,15)/t10-,11+/m1/s1. The van der Waals surface area contributed by atoms with Crippen molar-refractivity contribution in [3.05, 3.63) is 23.8 Å². The second-order valence-electron chi connectivity index (χ2n) is 4.13. The average molecular weight is 249 g/mol. The van der Waals surface area contributed by atoms with Gasteiger partial charge in [0.25, 0.3) is 5.91 Å². The van der Waals surface area contributed by atoms with Gasteiger partial charge in [0.2, 0.25) is 12.9 Å². The largest absolute Gasteiger partial charge is 0.454 e. The number of ether oxygens (including phenoxy) is 3. The molecule has 0 aromatic heterocycles. The van der Waals surface area contributed by atoms with Crippen molar-refractivity contribution in [1.29, 1.82) is 0 Å². The molecule has 1 fully saturated rings. The second kappa shape index (κ2) is 3.90. The van der Waals surface area contributed by atoms with E-state index in [1.165, 1.54) is 6.92 Å². The summed E-state index contributed by atoms with van der Waals surface area (Å²) >= 11 is 0. The molecule has 6 nitrogen and oxygen atoms in total. The topological polar surface area (TPSA) is 73.9 Å². The van der Waals surface area contributed by atoms with Crippen molar-refractivity contribution < 1.29 is 23.8 Å². The van der Waals surface area contributed by atoms with Crippen molar-refractivity contribution in [3.63, 3.8) is 0 Å². The lowest BCUT2D eigenvalue weighted by Gasteiger charge is -2.35. The molecule has 0 spiro atoms. The molecule has 0 radical (unpaired) electrons. The van der Waals surface area contributed by atoms with E-state index in [-0.39, 0.29) is 18.7 Å². The highest BCUT2D eigenvalue weighted by atomic mass is 16.7. The van der Waals surface area contributed by atoms with E-state index in [9.17, 15) is 9.59 Å². The molecule has 6 heteroatoms. The highest BCUT2D eigenvalue weighted by Gasteiger charge is 2.43. The SMILES string of the molecule is CC(=O)O[C@@H]1C(=O)N[C@@H]1c1ccc2c(c1)OCO2. The summed E-state index contributed by atoms with van der Waals surface area (Å²) in [6, 6.07) is 5.04. The summed E-state index contributed by atoms with van der Waals surface area (Å²) in [5, 5.41) is 2.69. The van der Waals surface area contributed by atoms with Crippen LogP contribution in [0.5, 0.6) is 11.5 Å². The third kappa shape index (κ3) is 1.66. The fourth-order valence-corrected chi connectivity index (χ4v) is 2.03. The van der Waals surface area contributed by atoms with Gasteiger partial charge in [-0.05, 0) is 17.7 Å². The number of hydrogen-bond donors (Lipinski definition) is 1. The maximum absolute atomic E-state index is 11.3. The van der Waals surface area contributed by atoms with Crippen molar-refractivity contribution in [3.8, 4) is 11.5 Å². The van der Waals surface area contributed by atoms with E-state index in [0.717, 1.165) is 5.56 Å². The summed E-state index contributed by atoms with van der Waals surface area (Å²) < 4.78 is 15.4. The third-order valence-corrected chi connectivity index (χ3v) is 2.91. The van der Waals surface area contributed by atoms with Crippen LogP contribution >= 0.6 is 0 Å². The lowest BCUT2D eigenvalue weighted by Crippen LogP contribution is -2.57. The number of nitrogens with one attached hydrogen (secondary N) is 1. The monoisotopic (exact) mass is 249 g/mol. The lowest BCUT2D eigenvalue weighted by molar-refractivity contribution is -0.164. The molecule has 1 aromatic rings. The van der Waals surface area contributed by atoms with Gasteiger partial charge in [0.15, 0.2) is 11.5 Å². The van der Waals surface area contributed by atoms with E-state index in [2.05, 4.69) is 5.32 Å². The molecule has 2 heterocycles. The molecule has 1 saturated heterocycles. The van der Waals surface area contributed by atoms with Crippen LogP contribution in [0.2, 0.25) is 0 Å². The molecule has 2 aliphatic rings. The number of β-lactam (4-membered cyclic amide) rings is 1. The van der Waals surface area contributed by atoms with Crippen LogP contribution < -0.4 is 14.8 Å². The van der Waals surface area contributed by atoms with Gasteiger partial charge in [0, 0.05) is 6.92 Å². The fraction of sp³-hybridized carbons (Fsp3) is 0.333. The highest BCUT2D eigenvalue weighted by molar-refractivity contribution is 5.90. The van der Waals surface area contributed by atoms with Crippen LogP contribution in [-0.2, 0) is 14.3 Å². The summed E-state index contributed by atoms with van der Waals surface area (Å²) in [6.45, 7) is 1.48. The average Bonchev–Trinajstić information content (AvgIpc) is 2.80. The molecule has 0 saturated carbocycles. The maximum atomic E-state index is 11.3. The molecule has 0 unspecified atom stereocenters. The first-order chi connectivity index (χ1) is 8.65. The summed E-state index contributed by atoms with van der Waals surface area (Å²) in [5.74, 6) is 0.553. The van der Waals surface area contributed by atoms with Crippen molar-refractivity contribution >= 4 is 11.9 Å². The first kappa shape index (κ1) is 10.9. The van der Waals surface area contributed by atoms with Gasteiger partial charge < -0.3 is 19.5 Å².